The molecule has 0 saturated carbocycles. The van der Waals surface area contributed by atoms with Gasteiger partial charge >= 0.3 is 6.18 Å². The van der Waals surface area contributed by atoms with Gasteiger partial charge in [0.25, 0.3) is 0 Å². The van der Waals surface area contributed by atoms with Crippen molar-refractivity contribution in [2.75, 3.05) is 6.61 Å². The Bertz CT molecular complexity index is 431. The minimum absolute atomic E-state index is 0.364. The van der Waals surface area contributed by atoms with Gasteiger partial charge in [-0.15, -0.1) is 0 Å². The lowest BCUT2D eigenvalue weighted by molar-refractivity contribution is -0.149. The van der Waals surface area contributed by atoms with E-state index in [4.69, 9.17) is 9.84 Å². The molecule has 1 aromatic heterocycles. The molecule has 1 aliphatic rings. The fraction of sp³-hybridized carbons (Fsp3) is 0.625. The Kier molecular flexibility index (Phi) is 2.76. The predicted molar refractivity (Wildman–Crippen MR) is 45.9 cm³/mol. The minimum Gasteiger partial charge on any atom is -0.475 e. The van der Waals surface area contributed by atoms with Crippen LogP contribution < -0.4 is 4.74 Å². The molecule has 0 aromatic carbocycles. The Labute approximate surface area is 92.9 Å². The van der Waals surface area contributed by atoms with Gasteiger partial charge in [-0.25, -0.2) is 4.98 Å². The van der Waals surface area contributed by atoms with E-state index in [9.17, 15) is 23.4 Å². The van der Waals surface area contributed by atoms with E-state index in [1.165, 1.54) is 0 Å². The zero-order chi connectivity index (χ0) is 12.8. The molecule has 2 heterocycles. The first-order valence-electron chi connectivity index (χ1n) is 4.63. The average Bonchev–Trinajstić information content (AvgIpc) is 2.62. The number of hydrogen-bond donors (Lipinski definition) is 3. The summed E-state index contributed by atoms with van der Waals surface area (Å²) in [7, 11) is 0. The molecule has 2 atom stereocenters. The van der Waals surface area contributed by atoms with E-state index in [0.717, 1.165) is 0 Å². The van der Waals surface area contributed by atoms with Gasteiger partial charge in [-0.2, -0.15) is 13.2 Å². The van der Waals surface area contributed by atoms with Gasteiger partial charge in [0.1, 0.15) is 31.2 Å². The number of aliphatic hydroxyl groups excluding tert-OH is 3. The summed E-state index contributed by atoms with van der Waals surface area (Å²) in [4.78, 5) is 3.17. The third-order valence-corrected chi connectivity index (χ3v) is 2.38. The summed E-state index contributed by atoms with van der Waals surface area (Å²) in [5.41, 5.74) is -0.426. The fourth-order valence-corrected chi connectivity index (χ4v) is 1.59. The van der Waals surface area contributed by atoms with Gasteiger partial charge in [0.15, 0.2) is 0 Å². The lowest BCUT2D eigenvalue weighted by Crippen LogP contribution is -2.31. The SMILES string of the molecule is OCn1c(C(F)(F)F)nc2c1OCC(O)C2O. The van der Waals surface area contributed by atoms with Crippen molar-refractivity contribution in [3.05, 3.63) is 11.5 Å². The Morgan fingerprint density at radius 3 is 2.59 bits per heavy atom. The molecule has 17 heavy (non-hydrogen) atoms. The summed E-state index contributed by atoms with van der Waals surface area (Å²) in [5.74, 6) is -1.75. The third kappa shape index (κ3) is 1.85. The monoisotopic (exact) mass is 254 g/mol. The summed E-state index contributed by atoms with van der Waals surface area (Å²) in [5, 5.41) is 27.6. The van der Waals surface area contributed by atoms with E-state index in [2.05, 4.69) is 4.98 Å². The number of aromatic nitrogens is 2. The molecule has 0 spiro atoms. The molecule has 96 valence electrons. The molecule has 6 nitrogen and oxygen atoms in total. The molecule has 3 N–H and O–H groups in total. The average molecular weight is 254 g/mol. The van der Waals surface area contributed by atoms with E-state index in [-0.39, 0.29) is 12.5 Å². The number of ether oxygens (including phenoxy) is 1. The van der Waals surface area contributed by atoms with Gasteiger partial charge in [-0.3, -0.25) is 4.57 Å². The highest BCUT2D eigenvalue weighted by atomic mass is 19.4. The zero-order valence-electron chi connectivity index (χ0n) is 8.35. The Morgan fingerprint density at radius 2 is 2.06 bits per heavy atom. The highest BCUT2D eigenvalue weighted by Gasteiger charge is 2.42. The van der Waals surface area contributed by atoms with Crippen molar-refractivity contribution in [1.29, 1.82) is 0 Å². The van der Waals surface area contributed by atoms with Crippen molar-refractivity contribution in [2.45, 2.75) is 25.1 Å². The quantitative estimate of drug-likeness (QED) is 0.637. The number of nitrogens with zero attached hydrogens (tertiary/aromatic N) is 2. The first-order valence-corrected chi connectivity index (χ1v) is 4.63. The molecule has 0 fully saturated rings. The van der Waals surface area contributed by atoms with Crippen molar-refractivity contribution in [1.82, 2.24) is 9.55 Å². The van der Waals surface area contributed by atoms with Crippen LogP contribution in [-0.2, 0) is 12.9 Å². The van der Waals surface area contributed by atoms with Gasteiger partial charge in [0.2, 0.25) is 11.7 Å². The highest BCUT2D eigenvalue weighted by molar-refractivity contribution is 5.29. The van der Waals surface area contributed by atoms with Crippen LogP contribution in [0.2, 0.25) is 0 Å². The maximum absolute atomic E-state index is 12.6. The molecule has 2 unspecified atom stereocenters. The summed E-state index contributed by atoms with van der Waals surface area (Å²) in [6.45, 7) is -1.35. The zero-order valence-corrected chi connectivity index (χ0v) is 8.35. The Balaban J connectivity index is 2.55. The van der Waals surface area contributed by atoms with Gasteiger partial charge in [0.05, 0.1) is 0 Å². The summed E-state index contributed by atoms with van der Waals surface area (Å²) >= 11 is 0. The molecule has 0 radical (unpaired) electrons. The lowest BCUT2D eigenvalue weighted by atomic mass is 10.1. The molecule has 9 heteroatoms. The second-order valence-electron chi connectivity index (χ2n) is 3.52. The molecular formula is C8H9F3N2O4. The largest absolute Gasteiger partial charge is 0.475 e. The van der Waals surface area contributed by atoms with E-state index in [1.54, 1.807) is 0 Å². The number of aliphatic hydroxyl groups is 3. The molecule has 1 aliphatic heterocycles. The summed E-state index contributed by atoms with van der Waals surface area (Å²) in [6.07, 6.45) is -7.69. The van der Waals surface area contributed by atoms with Crippen LogP contribution in [-0.4, -0.2) is 37.6 Å². The Morgan fingerprint density at radius 1 is 1.41 bits per heavy atom. The van der Waals surface area contributed by atoms with Crippen LogP contribution in [0.4, 0.5) is 13.2 Å². The molecule has 1 aromatic rings. The lowest BCUT2D eigenvalue weighted by Gasteiger charge is -2.23. The van der Waals surface area contributed by atoms with Crippen LogP contribution in [0.5, 0.6) is 5.88 Å². The standard InChI is InChI=1S/C8H9F3N2O4/c9-8(10,11)7-12-4-5(16)3(15)1-17-6(4)13(7)2-14/h3,5,14-16H,1-2H2. The van der Waals surface area contributed by atoms with Gasteiger partial charge in [0, 0.05) is 0 Å². The van der Waals surface area contributed by atoms with Gasteiger partial charge < -0.3 is 20.1 Å². The molecule has 0 bridgehead atoms. The van der Waals surface area contributed by atoms with E-state index >= 15 is 0 Å². The van der Waals surface area contributed by atoms with Gasteiger partial charge in [-0.05, 0) is 0 Å². The smallest absolute Gasteiger partial charge is 0.449 e. The molecule has 0 saturated heterocycles. The topological polar surface area (TPSA) is 87.7 Å². The van der Waals surface area contributed by atoms with Crippen molar-refractivity contribution >= 4 is 0 Å². The number of rotatable bonds is 1. The van der Waals surface area contributed by atoms with Crippen molar-refractivity contribution in [2.24, 2.45) is 0 Å². The maximum Gasteiger partial charge on any atom is 0.449 e. The number of alkyl halides is 3. The maximum atomic E-state index is 12.6. The van der Waals surface area contributed by atoms with Crippen molar-refractivity contribution in [3.63, 3.8) is 0 Å². The number of imidazole rings is 1. The third-order valence-electron chi connectivity index (χ3n) is 2.38. The number of hydrogen-bond acceptors (Lipinski definition) is 5. The normalized spacial score (nSPS) is 24.4. The van der Waals surface area contributed by atoms with Crippen LogP contribution >= 0.6 is 0 Å². The van der Waals surface area contributed by atoms with Crippen molar-refractivity contribution in [3.8, 4) is 5.88 Å². The second-order valence-corrected chi connectivity index (χ2v) is 3.52. The van der Waals surface area contributed by atoms with Crippen molar-refractivity contribution < 1.29 is 33.2 Å². The number of fused-ring (bicyclic) bond motifs is 1. The van der Waals surface area contributed by atoms with E-state index < -0.39 is 36.6 Å². The second kappa shape index (κ2) is 3.86. The van der Waals surface area contributed by atoms with Crippen LogP contribution in [0.1, 0.15) is 17.6 Å². The molecular weight excluding hydrogens is 245 g/mol. The van der Waals surface area contributed by atoms with Crippen LogP contribution in [0.25, 0.3) is 0 Å². The summed E-state index contributed by atoms with van der Waals surface area (Å²) in [6, 6.07) is 0. The highest BCUT2D eigenvalue weighted by Crippen LogP contribution is 2.38. The Hall–Kier alpha value is -1.32. The van der Waals surface area contributed by atoms with E-state index in [0.29, 0.717) is 4.57 Å². The van der Waals surface area contributed by atoms with Crippen LogP contribution in [0.15, 0.2) is 0 Å². The predicted octanol–water partition coefficient (Wildman–Crippen LogP) is -0.362. The molecule has 2 rings (SSSR count). The fourth-order valence-electron chi connectivity index (χ4n) is 1.59. The van der Waals surface area contributed by atoms with Crippen LogP contribution in [0.3, 0.4) is 0 Å². The van der Waals surface area contributed by atoms with Crippen LogP contribution in [0, 0.1) is 0 Å². The number of halogens is 3. The summed E-state index contributed by atoms with van der Waals surface area (Å²) < 4.78 is 42.9. The molecule has 0 amide bonds. The van der Waals surface area contributed by atoms with Gasteiger partial charge in [-0.1, -0.05) is 0 Å². The first kappa shape index (κ1) is 12.1. The minimum atomic E-state index is -4.78. The van der Waals surface area contributed by atoms with E-state index in [1.807, 2.05) is 0 Å². The first-order chi connectivity index (χ1) is 7.86. The molecule has 0 aliphatic carbocycles.